The second-order valence-corrected chi connectivity index (χ2v) is 3.05. The largest absolute Gasteiger partial charge is 0.345 e. The van der Waals surface area contributed by atoms with E-state index in [9.17, 15) is 4.79 Å². The average Bonchev–Trinajstić information content (AvgIpc) is 1.89. The summed E-state index contributed by atoms with van der Waals surface area (Å²) in [7, 11) is 1.83. The minimum Gasteiger partial charge on any atom is -0.345 e. The van der Waals surface area contributed by atoms with E-state index in [4.69, 9.17) is 0 Å². The van der Waals surface area contributed by atoms with Gasteiger partial charge in [-0.15, -0.1) is 0 Å². The van der Waals surface area contributed by atoms with Gasteiger partial charge >= 0.3 is 0 Å². The SMILES string of the molecule is CCCC(=O)N(C)CCBr. The molecular weight excluding hydrogens is 194 g/mol. The Bertz CT molecular complexity index is 106. The van der Waals surface area contributed by atoms with E-state index in [-0.39, 0.29) is 5.91 Å². The van der Waals surface area contributed by atoms with Gasteiger partial charge in [-0.05, 0) is 6.42 Å². The molecular formula is C7H14BrNO. The van der Waals surface area contributed by atoms with E-state index >= 15 is 0 Å². The summed E-state index contributed by atoms with van der Waals surface area (Å²) in [5.74, 6) is 0.238. The van der Waals surface area contributed by atoms with Gasteiger partial charge in [0.2, 0.25) is 5.91 Å². The number of carbonyl (C=O) groups excluding carboxylic acids is 1. The van der Waals surface area contributed by atoms with E-state index in [0.29, 0.717) is 6.42 Å². The lowest BCUT2D eigenvalue weighted by Crippen LogP contribution is -2.27. The minimum atomic E-state index is 0.238. The average molecular weight is 208 g/mol. The Balaban J connectivity index is 3.49. The Morgan fingerprint density at radius 1 is 1.60 bits per heavy atom. The smallest absolute Gasteiger partial charge is 0.222 e. The number of amides is 1. The van der Waals surface area contributed by atoms with E-state index < -0.39 is 0 Å². The number of alkyl halides is 1. The number of nitrogens with zero attached hydrogens (tertiary/aromatic N) is 1. The number of carbonyl (C=O) groups is 1. The zero-order chi connectivity index (χ0) is 7.98. The topological polar surface area (TPSA) is 20.3 Å². The molecule has 0 aliphatic carbocycles. The molecule has 0 spiro atoms. The van der Waals surface area contributed by atoms with Crippen molar-refractivity contribution >= 4 is 21.8 Å². The lowest BCUT2D eigenvalue weighted by atomic mass is 10.3. The first-order valence-electron chi connectivity index (χ1n) is 3.52. The van der Waals surface area contributed by atoms with Crippen LogP contribution in [0, 0.1) is 0 Å². The maximum atomic E-state index is 11.0. The molecule has 0 bridgehead atoms. The van der Waals surface area contributed by atoms with Gasteiger partial charge in [0.15, 0.2) is 0 Å². The number of rotatable bonds is 4. The molecule has 0 N–H and O–H groups in total. The second kappa shape index (κ2) is 5.71. The first kappa shape index (κ1) is 9.95. The molecule has 0 saturated heterocycles. The molecule has 0 unspecified atom stereocenters. The summed E-state index contributed by atoms with van der Waals surface area (Å²) in [5.41, 5.74) is 0. The van der Waals surface area contributed by atoms with E-state index in [1.54, 1.807) is 4.90 Å². The summed E-state index contributed by atoms with van der Waals surface area (Å²) in [6.45, 7) is 2.82. The zero-order valence-corrected chi connectivity index (χ0v) is 8.15. The van der Waals surface area contributed by atoms with Crippen LogP contribution in [0.4, 0.5) is 0 Å². The van der Waals surface area contributed by atoms with Crippen molar-refractivity contribution in [3.8, 4) is 0 Å². The van der Waals surface area contributed by atoms with Crippen molar-refractivity contribution in [3.05, 3.63) is 0 Å². The molecule has 0 aliphatic rings. The fourth-order valence-corrected chi connectivity index (χ4v) is 1.19. The Morgan fingerprint density at radius 2 is 2.20 bits per heavy atom. The van der Waals surface area contributed by atoms with Gasteiger partial charge < -0.3 is 4.90 Å². The van der Waals surface area contributed by atoms with Crippen LogP contribution in [0.15, 0.2) is 0 Å². The highest BCUT2D eigenvalue weighted by molar-refractivity contribution is 9.09. The molecule has 0 aliphatic heterocycles. The quantitative estimate of drug-likeness (QED) is 0.643. The zero-order valence-electron chi connectivity index (χ0n) is 6.56. The molecule has 0 aromatic carbocycles. The molecule has 0 rings (SSSR count). The summed E-state index contributed by atoms with van der Waals surface area (Å²) >= 11 is 3.28. The Hall–Kier alpha value is -0.0500. The molecule has 0 aromatic heterocycles. The van der Waals surface area contributed by atoms with Gasteiger partial charge in [0.25, 0.3) is 0 Å². The number of hydrogen-bond donors (Lipinski definition) is 0. The summed E-state index contributed by atoms with van der Waals surface area (Å²) in [5, 5.41) is 0.860. The molecule has 0 radical (unpaired) electrons. The fraction of sp³-hybridized carbons (Fsp3) is 0.857. The van der Waals surface area contributed by atoms with Crippen molar-refractivity contribution in [1.29, 1.82) is 0 Å². The third-order valence-electron chi connectivity index (χ3n) is 1.31. The summed E-state index contributed by atoms with van der Waals surface area (Å²) in [6, 6.07) is 0. The van der Waals surface area contributed by atoms with Gasteiger partial charge in [-0.25, -0.2) is 0 Å². The van der Waals surface area contributed by atoms with Crippen molar-refractivity contribution in [2.75, 3.05) is 18.9 Å². The highest BCUT2D eigenvalue weighted by atomic mass is 79.9. The predicted molar refractivity (Wildman–Crippen MR) is 46.3 cm³/mol. The highest BCUT2D eigenvalue weighted by Gasteiger charge is 2.04. The molecule has 1 amide bonds. The van der Waals surface area contributed by atoms with Crippen molar-refractivity contribution < 1.29 is 4.79 Å². The van der Waals surface area contributed by atoms with Crippen LogP contribution in [0.3, 0.4) is 0 Å². The number of hydrogen-bond acceptors (Lipinski definition) is 1. The molecule has 0 saturated carbocycles. The van der Waals surface area contributed by atoms with Gasteiger partial charge in [0, 0.05) is 25.3 Å². The highest BCUT2D eigenvalue weighted by Crippen LogP contribution is 1.94. The van der Waals surface area contributed by atoms with Crippen LogP contribution in [0.2, 0.25) is 0 Å². The van der Waals surface area contributed by atoms with Crippen LogP contribution in [0.5, 0.6) is 0 Å². The normalized spacial score (nSPS) is 9.50. The molecule has 2 nitrogen and oxygen atoms in total. The summed E-state index contributed by atoms with van der Waals surface area (Å²) < 4.78 is 0. The molecule has 10 heavy (non-hydrogen) atoms. The number of halogens is 1. The third-order valence-corrected chi connectivity index (χ3v) is 1.66. The Morgan fingerprint density at radius 3 is 2.60 bits per heavy atom. The van der Waals surface area contributed by atoms with Crippen molar-refractivity contribution in [2.24, 2.45) is 0 Å². The summed E-state index contributed by atoms with van der Waals surface area (Å²) in [6.07, 6.45) is 1.61. The first-order chi connectivity index (χ1) is 4.72. The fourth-order valence-electron chi connectivity index (χ4n) is 0.656. The van der Waals surface area contributed by atoms with Crippen molar-refractivity contribution in [2.45, 2.75) is 19.8 Å². The van der Waals surface area contributed by atoms with E-state index in [0.717, 1.165) is 18.3 Å². The van der Waals surface area contributed by atoms with Gasteiger partial charge in [0.05, 0.1) is 0 Å². The molecule has 0 fully saturated rings. The maximum absolute atomic E-state index is 11.0. The van der Waals surface area contributed by atoms with Crippen LogP contribution in [0.1, 0.15) is 19.8 Å². The van der Waals surface area contributed by atoms with Crippen LogP contribution >= 0.6 is 15.9 Å². The van der Waals surface area contributed by atoms with E-state index in [1.165, 1.54) is 0 Å². The van der Waals surface area contributed by atoms with Crippen LogP contribution < -0.4 is 0 Å². The molecule has 3 heteroatoms. The molecule has 0 heterocycles. The first-order valence-corrected chi connectivity index (χ1v) is 4.64. The Kier molecular flexibility index (Phi) is 5.69. The predicted octanol–water partition coefficient (Wildman–Crippen LogP) is 1.64. The minimum absolute atomic E-state index is 0.238. The monoisotopic (exact) mass is 207 g/mol. The van der Waals surface area contributed by atoms with Crippen LogP contribution in [-0.2, 0) is 4.79 Å². The molecule has 0 aromatic rings. The third kappa shape index (κ3) is 3.88. The van der Waals surface area contributed by atoms with Crippen LogP contribution in [-0.4, -0.2) is 29.7 Å². The Labute approximate surface area is 70.7 Å². The second-order valence-electron chi connectivity index (χ2n) is 2.25. The van der Waals surface area contributed by atoms with Gasteiger partial charge in [-0.3, -0.25) is 4.79 Å². The van der Waals surface area contributed by atoms with E-state index in [2.05, 4.69) is 15.9 Å². The van der Waals surface area contributed by atoms with Crippen LogP contribution in [0.25, 0.3) is 0 Å². The van der Waals surface area contributed by atoms with Crippen molar-refractivity contribution in [3.63, 3.8) is 0 Å². The van der Waals surface area contributed by atoms with Gasteiger partial charge in [0.1, 0.15) is 0 Å². The van der Waals surface area contributed by atoms with Gasteiger partial charge in [-0.2, -0.15) is 0 Å². The molecule has 0 atom stereocenters. The standard InChI is InChI=1S/C7H14BrNO/c1-3-4-7(10)9(2)6-5-8/h3-6H2,1-2H3. The van der Waals surface area contributed by atoms with E-state index in [1.807, 2.05) is 14.0 Å². The molecule has 60 valence electrons. The summed E-state index contributed by atoms with van der Waals surface area (Å²) in [4.78, 5) is 12.8. The lowest BCUT2D eigenvalue weighted by Gasteiger charge is -2.14. The van der Waals surface area contributed by atoms with Gasteiger partial charge in [-0.1, -0.05) is 22.9 Å². The maximum Gasteiger partial charge on any atom is 0.222 e. The lowest BCUT2D eigenvalue weighted by molar-refractivity contribution is -0.129. The van der Waals surface area contributed by atoms with Crippen molar-refractivity contribution in [1.82, 2.24) is 4.90 Å².